The van der Waals surface area contributed by atoms with Gasteiger partial charge in [0, 0.05) is 54.3 Å². The predicted molar refractivity (Wildman–Crippen MR) is 229 cm³/mol. The minimum atomic E-state index is 0.894. The van der Waals surface area contributed by atoms with E-state index in [1.54, 1.807) is 0 Å². The van der Waals surface area contributed by atoms with Gasteiger partial charge in [-0.3, -0.25) is 8.80 Å². The molecular formula is C50H27N5. The molecule has 0 aliphatic carbocycles. The number of nitrogens with zero attached hydrogens (tertiary/aromatic N) is 5. The molecule has 0 aliphatic rings. The molecule has 0 spiro atoms. The lowest BCUT2D eigenvalue weighted by atomic mass is 9.93. The van der Waals surface area contributed by atoms with Crippen molar-refractivity contribution in [2.45, 2.75) is 0 Å². The zero-order valence-corrected chi connectivity index (χ0v) is 29.3. The molecule has 6 heterocycles. The summed E-state index contributed by atoms with van der Waals surface area (Å²) >= 11 is 0. The highest BCUT2D eigenvalue weighted by Gasteiger charge is 2.26. The average Bonchev–Trinajstić information content (AvgIpc) is 4.03. The third-order valence-corrected chi connectivity index (χ3v) is 12.3. The Balaban J connectivity index is 1.16. The van der Waals surface area contributed by atoms with E-state index in [-0.39, 0.29) is 0 Å². The number of hydrogen-bond acceptors (Lipinski definition) is 2. The Morgan fingerprint density at radius 3 is 1.69 bits per heavy atom. The van der Waals surface area contributed by atoms with E-state index in [0.29, 0.717) is 0 Å². The molecule has 14 aromatic rings. The molecule has 0 radical (unpaired) electrons. The molecule has 55 heavy (non-hydrogen) atoms. The van der Waals surface area contributed by atoms with Crippen LogP contribution in [0.5, 0.6) is 0 Å². The van der Waals surface area contributed by atoms with Gasteiger partial charge in [0.25, 0.3) is 0 Å². The molecule has 8 aromatic carbocycles. The molecule has 0 fully saturated rings. The molecule has 0 aliphatic heterocycles. The highest BCUT2D eigenvalue weighted by atomic mass is 15.1. The first-order chi connectivity index (χ1) is 27.3. The standard InChI is InChI=1S/C50H27N5/c1-2-13-30(14-3-1)53-40-22-8-7-17-33(40)38-27-29(24-25-42(38)53)43-31-15-5-4-12-28(31)26-39-35-19-11-21-37-45-50(55(47(35)37)48(39)43)52-44-36-20-10-18-34-32-16-6-9-23-41(32)54(46(34)36)49(44)51-45/h1-27H. The van der Waals surface area contributed by atoms with Crippen LogP contribution in [0.2, 0.25) is 0 Å². The van der Waals surface area contributed by atoms with Crippen molar-refractivity contribution in [1.82, 2.24) is 23.3 Å². The second-order valence-electron chi connectivity index (χ2n) is 14.9. The molecule has 14 rings (SSSR count). The number of rotatable bonds is 2. The molecule has 0 N–H and O–H groups in total. The Kier molecular flexibility index (Phi) is 4.96. The van der Waals surface area contributed by atoms with E-state index < -0.39 is 0 Å². The molecule has 5 heteroatoms. The molecule has 0 saturated carbocycles. The molecule has 0 unspecified atom stereocenters. The molecular weight excluding hydrogens is 671 g/mol. The van der Waals surface area contributed by atoms with Crippen molar-refractivity contribution in [2.24, 2.45) is 0 Å². The number of aromatic nitrogens is 5. The van der Waals surface area contributed by atoms with E-state index in [1.807, 2.05) is 0 Å². The summed E-state index contributed by atoms with van der Waals surface area (Å²) < 4.78 is 7.14. The van der Waals surface area contributed by atoms with Crippen LogP contribution in [-0.2, 0) is 0 Å². The van der Waals surface area contributed by atoms with E-state index in [2.05, 4.69) is 177 Å². The van der Waals surface area contributed by atoms with Crippen molar-refractivity contribution in [2.75, 3.05) is 0 Å². The van der Waals surface area contributed by atoms with Crippen LogP contribution in [-0.4, -0.2) is 23.3 Å². The van der Waals surface area contributed by atoms with Crippen LogP contribution in [0.4, 0.5) is 0 Å². The second-order valence-corrected chi connectivity index (χ2v) is 14.9. The Morgan fingerprint density at radius 1 is 0.345 bits per heavy atom. The van der Waals surface area contributed by atoms with Crippen LogP contribution in [0.25, 0.3) is 126 Å². The quantitative estimate of drug-likeness (QED) is 0.180. The fraction of sp³-hybridized carbons (Fsp3) is 0. The van der Waals surface area contributed by atoms with Gasteiger partial charge in [-0.15, -0.1) is 0 Å². The van der Waals surface area contributed by atoms with Crippen molar-refractivity contribution >= 4 is 109 Å². The van der Waals surface area contributed by atoms with Gasteiger partial charge in [-0.25, -0.2) is 9.97 Å². The van der Waals surface area contributed by atoms with Gasteiger partial charge < -0.3 is 4.57 Å². The van der Waals surface area contributed by atoms with E-state index in [4.69, 9.17) is 9.97 Å². The Hall–Kier alpha value is -7.50. The number of benzene rings is 8. The van der Waals surface area contributed by atoms with E-state index in [1.165, 1.54) is 81.8 Å². The molecule has 6 aromatic heterocycles. The van der Waals surface area contributed by atoms with Gasteiger partial charge in [-0.05, 0) is 58.8 Å². The maximum Gasteiger partial charge on any atom is 0.165 e. The zero-order chi connectivity index (χ0) is 35.5. The predicted octanol–water partition coefficient (Wildman–Crippen LogP) is 12.7. The van der Waals surface area contributed by atoms with Crippen LogP contribution < -0.4 is 0 Å². The fourth-order valence-corrected chi connectivity index (χ4v) is 10.1. The smallest absolute Gasteiger partial charge is 0.165 e. The van der Waals surface area contributed by atoms with Crippen LogP contribution in [0, 0.1) is 0 Å². The van der Waals surface area contributed by atoms with Gasteiger partial charge in [0.2, 0.25) is 0 Å². The minimum Gasteiger partial charge on any atom is -0.309 e. The van der Waals surface area contributed by atoms with Crippen molar-refractivity contribution in [3.05, 3.63) is 164 Å². The van der Waals surface area contributed by atoms with Crippen LogP contribution in [0.1, 0.15) is 0 Å². The van der Waals surface area contributed by atoms with Crippen LogP contribution >= 0.6 is 0 Å². The largest absolute Gasteiger partial charge is 0.309 e. The van der Waals surface area contributed by atoms with E-state index in [0.717, 1.165) is 44.3 Å². The van der Waals surface area contributed by atoms with Crippen molar-refractivity contribution < 1.29 is 0 Å². The first kappa shape index (κ1) is 28.1. The lowest BCUT2D eigenvalue weighted by molar-refractivity contribution is 1.18. The third-order valence-electron chi connectivity index (χ3n) is 12.3. The van der Waals surface area contributed by atoms with E-state index >= 15 is 0 Å². The van der Waals surface area contributed by atoms with Crippen LogP contribution in [0.3, 0.4) is 0 Å². The highest BCUT2D eigenvalue weighted by Crippen LogP contribution is 2.47. The summed E-state index contributed by atoms with van der Waals surface area (Å²) in [5, 5.41) is 12.1. The normalized spacial score (nSPS) is 12.7. The molecule has 0 bridgehead atoms. The van der Waals surface area contributed by atoms with E-state index in [9.17, 15) is 0 Å². The first-order valence-corrected chi connectivity index (χ1v) is 18.9. The fourth-order valence-electron chi connectivity index (χ4n) is 10.1. The molecule has 252 valence electrons. The summed E-state index contributed by atoms with van der Waals surface area (Å²) in [6, 6.07) is 59.6. The van der Waals surface area contributed by atoms with Crippen LogP contribution in [0.15, 0.2) is 164 Å². The second kappa shape index (κ2) is 9.72. The first-order valence-electron chi connectivity index (χ1n) is 18.9. The zero-order valence-electron chi connectivity index (χ0n) is 29.3. The molecule has 5 nitrogen and oxygen atoms in total. The maximum atomic E-state index is 5.63. The summed E-state index contributed by atoms with van der Waals surface area (Å²) in [4.78, 5) is 11.2. The Bertz CT molecular complexity index is 3940. The van der Waals surface area contributed by atoms with Gasteiger partial charge in [0.1, 0.15) is 11.0 Å². The summed E-state index contributed by atoms with van der Waals surface area (Å²) in [6.07, 6.45) is 0. The average molecular weight is 698 g/mol. The SMILES string of the molecule is c1ccc(-n2c3ccccc3c3cc(-c4c5ccccc5cc5c6cccc7c8nc9c(nc8n(c45)c67)c4cccc5c6ccccc6n9c54)ccc32)cc1. The lowest BCUT2D eigenvalue weighted by Crippen LogP contribution is -1.94. The minimum absolute atomic E-state index is 0.894. The number of fused-ring (bicyclic) bond motifs is 16. The summed E-state index contributed by atoms with van der Waals surface area (Å²) in [6.45, 7) is 0. The van der Waals surface area contributed by atoms with Crippen molar-refractivity contribution in [3.63, 3.8) is 0 Å². The highest BCUT2D eigenvalue weighted by molar-refractivity contribution is 6.29. The van der Waals surface area contributed by atoms with Gasteiger partial charge in [0.15, 0.2) is 11.3 Å². The number of para-hydroxylation sites is 5. The lowest BCUT2D eigenvalue weighted by Gasteiger charge is -2.12. The van der Waals surface area contributed by atoms with Gasteiger partial charge in [-0.2, -0.15) is 0 Å². The van der Waals surface area contributed by atoms with Crippen molar-refractivity contribution in [1.29, 1.82) is 0 Å². The summed E-state index contributed by atoms with van der Waals surface area (Å²) in [5.41, 5.74) is 14.3. The third kappa shape index (κ3) is 3.32. The molecule has 0 saturated heterocycles. The maximum absolute atomic E-state index is 5.63. The molecule has 0 amide bonds. The van der Waals surface area contributed by atoms with Gasteiger partial charge in [0.05, 0.1) is 33.1 Å². The number of hydrogen-bond donors (Lipinski definition) is 0. The van der Waals surface area contributed by atoms with Gasteiger partial charge >= 0.3 is 0 Å². The van der Waals surface area contributed by atoms with Crippen molar-refractivity contribution in [3.8, 4) is 16.8 Å². The van der Waals surface area contributed by atoms with Gasteiger partial charge in [-0.1, -0.05) is 121 Å². The Labute approximate surface area is 312 Å². The Morgan fingerprint density at radius 2 is 0.909 bits per heavy atom. The topological polar surface area (TPSA) is 39.5 Å². The molecule has 0 atom stereocenters. The summed E-state index contributed by atoms with van der Waals surface area (Å²) in [5.74, 6) is 0. The summed E-state index contributed by atoms with van der Waals surface area (Å²) in [7, 11) is 0. The monoisotopic (exact) mass is 697 g/mol.